The van der Waals surface area contributed by atoms with Crippen molar-refractivity contribution >= 4 is 40.1 Å². The second kappa shape index (κ2) is 3.58. The summed E-state index contributed by atoms with van der Waals surface area (Å²) in [7, 11) is -1.44. The van der Waals surface area contributed by atoms with Crippen LogP contribution in [0.2, 0.25) is 5.02 Å². The Morgan fingerprint density at radius 3 is 2.45 bits per heavy atom. The first-order chi connectivity index (χ1) is 5.11. The van der Waals surface area contributed by atoms with E-state index in [1.165, 1.54) is 0 Å². The zero-order valence-electron chi connectivity index (χ0n) is 5.46. The van der Waals surface area contributed by atoms with Crippen LogP contribution >= 0.6 is 27.5 Å². The van der Waals surface area contributed by atoms with Gasteiger partial charge in [-0.15, -0.1) is 0 Å². The number of benzene rings is 1. The minimum absolute atomic E-state index is 0.418. The van der Waals surface area contributed by atoms with E-state index >= 15 is 0 Å². The summed E-state index contributed by atoms with van der Waals surface area (Å²) in [5.41, 5.74) is 0.418. The Bertz CT molecular complexity index is 267. The van der Waals surface area contributed by atoms with Gasteiger partial charge in [0.15, 0.2) is 0 Å². The van der Waals surface area contributed by atoms with E-state index in [9.17, 15) is 0 Å². The molecule has 0 aliphatic rings. The summed E-state index contributed by atoms with van der Waals surface area (Å²) in [6.45, 7) is 0. The summed E-state index contributed by atoms with van der Waals surface area (Å²) in [4.78, 5) is 0. The Morgan fingerprint density at radius 2 is 2.00 bits per heavy atom. The molecule has 1 aromatic rings. The lowest BCUT2D eigenvalue weighted by Crippen LogP contribution is -2.29. The van der Waals surface area contributed by atoms with Gasteiger partial charge in [-0.1, -0.05) is 17.7 Å². The van der Waals surface area contributed by atoms with Crippen molar-refractivity contribution in [2.45, 2.75) is 0 Å². The number of halogens is 2. The molecule has 5 heteroatoms. The van der Waals surface area contributed by atoms with Gasteiger partial charge in [0.1, 0.15) is 0 Å². The largest absolute Gasteiger partial charge is 0.488 e. The Labute approximate surface area is 78.1 Å². The van der Waals surface area contributed by atoms with E-state index in [4.69, 9.17) is 21.6 Å². The molecule has 0 aromatic heterocycles. The third kappa shape index (κ3) is 2.20. The Balaban J connectivity index is 3.05. The van der Waals surface area contributed by atoms with Crippen molar-refractivity contribution in [2.24, 2.45) is 0 Å². The predicted octanol–water partition coefficient (Wildman–Crippen LogP) is 0.782. The summed E-state index contributed by atoms with van der Waals surface area (Å²) in [6, 6.07) is 4.71. The van der Waals surface area contributed by atoms with Gasteiger partial charge in [0.05, 0.1) is 5.02 Å². The summed E-state index contributed by atoms with van der Waals surface area (Å²) in [5, 5.41) is 18.0. The average molecular weight is 235 g/mol. The van der Waals surface area contributed by atoms with Crippen LogP contribution < -0.4 is 5.46 Å². The van der Waals surface area contributed by atoms with Crippen molar-refractivity contribution in [1.82, 2.24) is 0 Å². The van der Waals surface area contributed by atoms with E-state index in [1.807, 2.05) is 0 Å². The smallest absolute Gasteiger partial charge is 0.423 e. The highest BCUT2D eigenvalue weighted by Gasteiger charge is 2.11. The molecule has 1 rings (SSSR count). The molecule has 0 radical (unpaired) electrons. The fraction of sp³-hybridized carbons (Fsp3) is 0. The first kappa shape index (κ1) is 9.07. The van der Waals surface area contributed by atoms with Gasteiger partial charge in [-0.25, -0.2) is 0 Å². The normalized spacial score (nSPS) is 9.82. The van der Waals surface area contributed by atoms with Crippen LogP contribution in [-0.4, -0.2) is 17.2 Å². The van der Waals surface area contributed by atoms with Gasteiger partial charge >= 0.3 is 7.12 Å². The van der Waals surface area contributed by atoms with Gasteiger partial charge in [-0.2, -0.15) is 0 Å². The van der Waals surface area contributed by atoms with Crippen molar-refractivity contribution < 1.29 is 10.0 Å². The van der Waals surface area contributed by atoms with Crippen molar-refractivity contribution in [3.63, 3.8) is 0 Å². The molecule has 0 saturated heterocycles. The first-order valence-electron chi connectivity index (χ1n) is 2.92. The lowest BCUT2D eigenvalue weighted by Gasteiger charge is -2.00. The standard InChI is InChI=1S/C6H5BBrClO2/c8-5-3-4(7(10)11)1-2-6(5)9/h1-3,10-11H. The lowest BCUT2D eigenvalue weighted by atomic mass is 9.81. The second-order valence-electron chi connectivity index (χ2n) is 2.05. The van der Waals surface area contributed by atoms with Crippen LogP contribution in [0.4, 0.5) is 0 Å². The van der Waals surface area contributed by atoms with E-state index in [0.717, 1.165) is 0 Å². The molecule has 2 nitrogen and oxygen atoms in total. The molecule has 1 aromatic carbocycles. The topological polar surface area (TPSA) is 40.5 Å². The van der Waals surface area contributed by atoms with E-state index in [0.29, 0.717) is 15.0 Å². The number of rotatable bonds is 1. The third-order valence-corrected chi connectivity index (χ3v) is 2.46. The minimum atomic E-state index is -1.44. The maximum Gasteiger partial charge on any atom is 0.488 e. The van der Waals surface area contributed by atoms with Crippen LogP contribution in [0, 0.1) is 0 Å². The molecule has 58 valence electrons. The molecule has 0 aliphatic heterocycles. The first-order valence-corrected chi connectivity index (χ1v) is 4.09. The number of hydrogen-bond acceptors (Lipinski definition) is 2. The van der Waals surface area contributed by atoms with E-state index in [1.54, 1.807) is 18.2 Å². The highest BCUT2D eigenvalue weighted by Crippen LogP contribution is 2.19. The molecule has 0 fully saturated rings. The van der Waals surface area contributed by atoms with Crippen LogP contribution in [0.25, 0.3) is 0 Å². The molecule has 0 unspecified atom stereocenters. The average Bonchev–Trinajstić information content (AvgIpc) is 1.94. The molecule has 11 heavy (non-hydrogen) atoms. The Hall–Kier alpha value is -0.0251. The summed E-state index contributed by atoms with van der Waals surface area (Å²) in [5.74, 6) is 0. The van der Waals surface area contributed by atoms with E-state index in [2.05, 4.69) is 15.9 Å². The fourth-order valence-corrected chi connectivity index (χ4v) is 1.19. The van der Waals surface area contributed by atoms with Crippen molar-refractivity contribution in [3.8, 4) is 0 Å². The van der Waals surface area contributed by atoms with Gasteiger partial charge in [-0.3, -0.25) is 0 Å². The molecule has 2 N–H and O–H groups in total. The molecular formula is C6H5BBrClO2. The van der Waals surface area contributed by atoms with Crippen LogP contribution in [-0.2, 0) is 0 Å². The maximum absolute atomic E-state index is 8.73. The Kier molecular flexibility index (Phi) is 2.95. The fourth-order valence-electron chi connectivity index (χ4n) is 0.673. The lowest BCUT2D eigenvalue weighted by molar-refractivity contribution is 0.426. The minimum Gasteiger partial charge on any atom is -0.423 e. The van der Waals surface area contributed by atoms with Crippen LogP contribution in [0.1, 0.15) is 0 Å². The Morgan fingerprint density at radius 1 is 1.36 bits per heavy atom. The quantitative estimate of drug-likeness (QED) is 0.706. The molecule has 0 atom stereocenters. The molecule has 0 spiro atoms. The van der Waals surface area contributed by atoms with Gasteiger partial charge in [0.25, 0.3) is 0 Å². The zero-order chi connectivity index (χ0) is 8.43. The van der Waals surface area contributed by atoms with Crippen LogP contribution in [0.3, 0.4) is 0 Å². The molecule has 0 amide bonds. The third-order valence-electron chi connectivity index (χ3n) is 1.24. The monoisotopic (exact) mass is 234 g/mol. The maximum atomic E-state index is 8.73. The predicted molar refractivity (Wildman–Crippen MR) is 49.0 cm³/mol. The summed E-state index contributed by atoms with van der Waals surface area (Å²) in [6.07, 6.45) is 0. The molecule has 0 saturated carbocycles. The highest BCUT2D eigenvalue weighted by atomic mass is 79.9. The van der Waals surface area contributed by atoms with Crippen molar-refractivity contribution in [1.29, 1.82) is 0 Å². The van der Waals surface area contributed by atoms with Gasteiger partial charge < -0.3 is 10.0 Å². The SMILES string of the molecule is OB(O)c1ccc(Cl)c(Br)c1. The van der Waals surface area contributed by atoms with E-state index < -0.39 is 7.12 Å². The van der Waals surface area contributed by atoms with Gasteiger partial charge in [-0.05, 0) is 33.5 Å². The zero-order valence-corrected chi connectivity index (χ0v) is 7.80. The van der Waals surface area contributed by atoms with Crippen molar-refractivity contribution in [3.05, 3.63) is 27.7 Å². The molecule has 0 aliphatic carbocycles. The molecule has 0 heterocycles. The summed E-state index contributed by atoms with van der Waals surface area (Å²) < 4.78 is 0.657. The molecule has 0 bridgehead atoms. The summed E-state index contributed by atoms with van der Waals surface area (Å²) >= 11 is 8.84. The van der Waals surface area contributed by atoms with Gasteiger partial charge in [0.2, 0.25) is 0 Å². The number of hydrogen-bond donors (Lipinski definition) is 2. The van der Waals surface area contributed by atoms with Crippen LogP contribution in [0.15, 0.2) is 22.7 Å². The second-order valence-corrected chi connectivity index (χ2v) is 3.31. The highest BCUT2D eigenvalue weighted by molar-refractivity contribution is 9.10. The van der Waals surface area contributed by atoms with E-state index in [-0.39, 0.29) is 0 Å². The van der Waals surface area contributed by atoms with Crippen LogP contribution in [0.5, 0.6) is 0 Å². The van der Waals surface area contributed by atoms with Gasteiger partial charge in [0, 0.05) is 4.47 Å². The molecular weight excluding hydrogens is 230 g/mol. The van der Waals surface area contributed by atoms with Crippen molar-refractivity contribution in [2.75, 3.05) is 0 Å².